The topological polar surface area (TPSA) is 59.9 Å². The summed E-state index contributed by atoms with van der Waals surface area (Å²) in [5, 5.41) is 0.00922. The molecular formula is C20H20N2O2S. The molecule has 3 aromatic rings. The van der Waals surface area contributed by atoms with E-state index in [1.807, 2.05) is 12.1 Å². The highest BCUT2D eigenvalue weighted by atomic mass is 32.2. The summed E-state index contributed by atoms with van der Waals surface area (Å²) in [6.07, 6.45) is 2.31. The largest absolute Gasteiger partial charge is 0.236 e. The molecular weight excluding hydrogens is 332 g/mol. The molecule has 1 heterocycles. The molecule has 0 amide bonds. The van der Waals surface area contributed by atoms with Gasteiger partial charge in [0.2, 0.25) is 9.84 Å². The van der Waals surface area contributed by atoms with Crippen LogP contribution in [0.15, 0.2) is 76.9 Å². The molecule has 2 aromatic carbocycles. The van der Waals surface area contributed by atoms with E-state index >= 15 is 0 Å². The van der Waals surface area contributed by atoms with Gasteiger partial charge in [-0.25, -0.2) is 18.4 Å². The monoisotopic (exact) mass is 352 g/mol. The van der Waals surface area contributed by atoms with Crippen molar-refractivity contribution in [3.05, 3.63) is 72.6 Å². The van der Waals surface area contributed by atoms with Gasteiger partial charge in [0.05, 0.1) is 10.6 Å². The van der Waals surface area contributed by atoms with Crippen molar-refractivity contribution < 1.29 is 8.42 Å². The molecule has 0 atom stereocenters. The minimum atomic E-state index is -3.64. The lowest BCUT2D eigenvalue weighted by molar-refractivity contribution is 0.592. The highest BCUT2D eigenvalue weighted by molar-refractivity contribution is 7.91. The Bertz CT molecular complexity index is 951. The van der Waals surface area contributed by atoms with Gasteiger partial charge in [-0.15, -0.1) is 0 Å². The van der Waals surface area contributed by atoms with Gasteiger partial charge in [-0.05, 0) is 30.0 Å². The van der Waals surface area contributed by atoms with E-state index in [9.17, 15) is 8.42 Å². The summed E-state index contributed by atoms with van der Waals surface area (Å²) in [7, 11) is -3.64. The summed E-state index contributed by atoms with van der Waals surface area (Å²) in [4.78, 5) is 8.43. The summed E-state index contributed by atoms with van der Waals surface area (Å²) in [6, 6.07) is 17.9. The van der Waals surface area contributed by atoms with Gasteiger partial charge in [-0.1, -0.05) is 56.3 Å². The van der Waals surface area contributed by atoms with Gasteiger partial charge in [0.25, 0.3) is 0 Å². The van der Waals surface area contributed by atoms with Crippen LogP contribution >= 0.6 is 0 Å². The minimum Gasteiger partial charge on any atom is -0.236 e. The van der Waals surface area contributed by atoms with E-state index in [4.69, 9.17) is 0 Å². The zero-order chi connectivity index (χ0) is 17.9. The van der Waals surface area contributed by atoms with Gasteiger partial charge in [-0.2, -0.15) is 0 Å². The predicted molar refractivity (Wildman–Crippen MR) is 97.9 cm³/mol. The molecule has 0 aliphatic carbocycles. The molecule has 1 aromatic heterocycles. The van der Waals surface area contributed by atoms with Crippen LogP contribution in [0.2, 0.25) is 0 Å². The normalized spacial score (nSPS) is 11.6. The maximum Gasteiger partial charge on any atom is 0.223 e. The lowest BCUT2D eigenvalue weighted by atomic mass is 10.0. The van der Waals surface area contributed by atoms with E-state index < -0.39 is 9.84 Å². The van der Waals surface area contributed by atoms with E-state index in [1.54, 1.807) is 30.3 Å². The van der Waals surface area contributed by atoms with Crippen LogP contribution in [0.4, 0.5) is 0 Å². The maximum absolute atomic E-state index is 12.7. The van der Waals surface area contributed by atoms with E-state index in [1.165, 1.54) is 18.0 Å². The average Bonchev–Trinajstić information content (AvgIpc) is 2.63. The number of hydrogen-bond acceptors (Lipinski definition) is 4. The third-order valence-electron chi connectivity index (χ3n) is 3.86. The molecule has 4 nitrogen and oxygen atoms in total. The fourth-order valence-electron chi connectivity index (χ4n) is 2.65. The second kappa shape index (κ2) is 7.15. The van der Waals surface area contributed by atoms with E-state index in [2.05, 4.69) is 35.9 Å². The molecule has 0 aliphatic heterocycles. The molecule has 0 unspecified atom stereocenters. The van der Waals surface area contributed by atoms with Crippen LogP contribution in [0, 0.1) is 5.92 Å². The highest BCUT2D eigenvalue weighted by Gasteiger charge is 2.19. The molecule has 3 rings (SSSR count). The van der Waals surface area contributed by atoms with Gasteiger partial charge < -0.3 is 0 Å². The number of hydrogen-bond donors (Lipinski definition) is 0. The van der Waals surface area contributed by atoms with Crippen molar-refractivity contribution >= 4 is 9.84 Å². The fraction of sp³-hybridized carbons (Fsp3) is 0.200. The Balaban J connectivity index is 1.94. The number of aromatic nitrogens is 2. The molecule has 0 spiro atoms. The van der Waals surface area contributed by atoms with Gasteiger partial charge in [0, 0.05) is 11.6 Å². The Kier molecular flexibility index (Phi) is 4.95. The summed E-state index contributed by atoms with van der Waals surface area (Å²) < 4.78 is 25.4. The van der Waals surface area contributed by atoms with Crippen molar-refractivity contribution in [2.75, 3.05) is 0 Å². The molecule has 0 saturated carbocycles. The average molecular weight is 352 g/mol. The zero-order valence-electron chi connectivity index (χ0n) is 14.3. The zero-order valence-corrected chi connectivity index (χ0v) is 15.1. The standard InChI is InChI=1S/C20H20N2O2S/c1-15(2)12-16-8-10-17(11-9-16)19-13-20(22-14-21-19)25(23,24)18-6-4-3-5-7-18/h3-11,13-15H,12H2,1-2H3. The number of sulfone groups is 1. The third kappa shape index (κ3) is 3.94. The van der Waals surface area contributed by atoms with E-state index in [-0.39, 0.29) is 9.92 Å². The highest BCUT2D eigenvalue weighted by Crippen LogP contribution is 2.23. The lowest BCUT2D eigenvalue weighted by Crippen LogP contribution is -2.05. The molecule has 5 heteroatoms. The van der Waals surface area contributed by atoms with Crippen LogP contribution in [0.25, 0.3) is 11.3 Å². The first-order valence-corrected chi connectivity index (χ1v) is 9.66. The molecule has 0 N–H and O–H groups in total. The predicted octanol–water partition coefficient (Wildman–Crippen LogP) is 4.17. The van der Waals surface area contributed by atoms with Gasteiger partial charge in [0.15, 0.2) is 5.03 Å². The Labute approximate surface area is 148 Å². The van der Waals surface area contributed by atoms with Crippen molar-refractivity contribution in [2.45, 2.75) is 30.2 Å². The van der Waals surface area contributed by atoms with E-state index in [0.29, 0.717) is 11.6 Å². The van der Waals surface area contributed by atoms with Crippen molar-refractivity contribution in [2.24, 2.45) is 5.92 Å². The quantitative estimate of drug-likeness (QED) is 0.647. The molecule has 0 saturated heterocycles. The molecule has 0 aliphatic rings. The first kappa shape index (κ1) is 17.3. The molecule has 0 bridgehead atoms. The fourth-order valence-corrected chi connectivity index (χ4v) is 3.86. The number of benzene rings is 2. The first-order valence-electron chi connectivity index (χ1n) is 8.18. The van der Waals surface area contributed by atoms with Gasteiger partial charge >= 0.3 is 0 Å². The summed E-state index contributed by atoms with van der Waals surface area (Å²) in [5.74, 6) is 0.590. The Morgan fingerprint density at radius 2 is 1.60 bits per heavy atom. The second-order valence-electron chi connectivity index (χ2n) is 6.35. The van der Waals surface area contributed by atoms with Crippen molar-refractivity contribution in [3.63, 3.8) is 0 Å². The number of rotatable bonds is 5. The van der Waals surface area contributed by atoms with Crippen LogP contribution in [0.1, 0.15) is 19.4 Å². The Morgan fingerprint density at radius 1 is 0.920 bits per heavy atom. The summed E-state index contributed by atoms with van der Waals surface area (Å²) in [5.41, 5.74) is 2.73. The Hall–Kier alpha value is -2.53. The van der Waals surface area contributed by atoms with E-state index in [0.717, 1.165) is 12.0 Å². The third-order valence-corrected chi connectivity index (χ3v) is 5.53. The minimum absolute atomic E-state index is 0.00922. The van der Waals surface area contributed by atoms with Gasteiger partial charge in [-0.3, -0.25) is 0 Å². The van der Waals surface area contributed by atoms with Crippen LogP contribution in [-0.2, 0) is 16.3 Å². The second-order valence-corrected chi connectivity index (χ2v) is 8.25. The summed E-state index contributed by atoms with van der Waals surface area (Å²) >= 11 is 0. The maximum atomic E-state index is 12.7. The number of nitrogens with zero attached hydrogens (tertiary/aromatic N) is 2. The molecule has 0 fully saturated rings. The summed E-state index contributed by atoms with van der Waals surface area (Å²) in [6.45, 7) is 4.36. The van der Waals surface area contributed by atoms with Gasteiger partial charge in [0.1, 0.15) is 6.33 Å². The van der Waals surface area contributed by atoms with Crippen molar-refractivity contribution in [1.29, 1.82) is 0 Å². The van der Waals surface area contributed by atoms with Crippen molar-refractivity contribution in [1.82, 2.24) is 9.97 Å². The van der Waals surface area contributed by atoms with Crippen LogP contribution < -0.4 is 0 Å². The first-order chi connectivity index (χ1) is 12.0. The smallest absolute Gasteiger partial charge is 0.223 e. The Morgan fingerprint density at radius 3 is 2.24 bits per heavy atom. The van der Waals surface area contributed by atoms with Crippen LogP contribution in [0.3, 0.4) is 0 Å². The van der Waals surface area contributed by atoms with Crippen LogP contribution in [-0.4, -0.2) is 18.4 Å². The SMILES string of the molecule is CC(C)Cc1ccc(-c2cc(S(=O)(=O)c3ccccc3)ncn2)cc1. The molecule has 128 valence electrons. The molecule has 25 heavy (non-hydrogen) atoms. The van der Waals surface area contributed by atoms with Crippen LogP contribution in [0.5, 0.6) is 0 Å². The van der Waals surface area contributed by atoms with Crippen molar-refractivity contribution in [3.8, 4) is 11.3 Å². The molecule has 0 radical (unpaired) electrons. The lowest BCUT2D eigenvalue weighted by Gasteiger charge is -2.08.